The van der Waals surface area contributed by atoms with Crippen LogP contribution in [-0.4, -0.2) is 36.9 Å². The molecule has 1 saturated carbocycles. The van der Waals surface area contributed by atoms with Crippen molar-refractivity contribution in [1.29, 1.82) is 0 Å². The first-order valence-electron chi connectivity index (χ1n) is 6.26. The van der Waals surface area contributed by atoms with E-state index < -0.39 is 0 Å². The summed E-state index contributed by atoms with van der Waals surface area (Å²) in [6, 6.07) is 0. The molecule has 2 atom stereocenters. The minimum atomic E-state index is -0.174. The molecule has 0 heterocycles. The van der Waals surface area contributed by atoms with Gasteiger partial charge in [-0.2, -0.15) is 0 Å². The van der Waals surface area contributed by atoms with Crippen molar-refractivity contribution < 1.29 is 14.6 Å². The first-order valence-corrected chi connectivity index (χ1v) is 6.26. The molecule has 0 aromatic heterocycles. The second-order valence-corrected chi connectivity index (χ2v) is 4.54. The maximum atomic E-state index is 11.2. The second kappa shape index (κ2) is 7.63. The molecule has 94 valence electrons. The molecule has 1 fully saturated rings. The Morgan fingerprint density at radius 3 is 2.94 bits per heavy atom. The molecule has 1 rings (SSSR count). The summed E-state index contributed by atoms with van der Waals surface area (Å²) in [4.78, 5) is 11.2. The third-order valence-electron chi connectivity index (χ3n) is 2.98. The quantitative estimate of drug-likeness (QED) is 0.506. The van der Waals surface area contributed by atoms with Crippen LogP contribution in [-0.2, 0) is 9.53 Å². The summed E-state index contributed by atoms with van der Waals surface area (Å²) >= 11 is 0. The number of ether oxygens (including phenoxy) is 1. The summed E-state index contributed by atoms with van der Waals surface area (Å²) in [7, 11) is 0. The van der Waals surface area contributed by atoms with E-state index in [0.29, 0.717) is 12.5 Å². The molecule has 2 unspecified atom stereocenters. The lowest BCUT2D eigenvalue weighted by Crippen LogP contribution is -2.29. The highest BCUT2D eigenvalue weighted by molar-refractivity contribution is 5.71. The number of aliphatic hydroxyl groups excluding tert-OH is 1. The van der Waals surface area contributed by atoms with Crippen LogP contribution in [0.4, 0.5) is 0 Å². The summed E-state index contributed by atoms with van der Waals surface area (Å²) in [6.07, 6.45) is 4.65. The van der Waals surface area contributed by atoms with Crippen molar-refractivity contribution in [3.8, 4) is 0 Å². The number of rotatable bonds is 7. The van der Waals surface area contributed by atoms with Gasteiger partial charge in [0.05, 0.1) is 19.3 Å². The lowest BCUT2D eigenvalue weighted by Gasteiger charge is -2.10. The maximum absolute atomic E-state index is 11.2. The van der Waals surface area contributed by atoms with Gasteiger partial charge in [0.2, 0.25) is 0 Å². The monoisotopic (exact) mass is 229 g/mol. The standard InChI is InChI=1S/C12H23NO3/c1-2-3-6-16-12(15)9-13-8-10-4-5-11(14)7-10/h10-11,13-14H,2-9H2,1H3. The number of aliphatic hydroxyl groups is 1. The van der Waals surface area contributed by atoms with Crippen LogP contribution in [0.2, 0.25) is 0 Å². The van der Waals surface area contributed by atoms with Crippen LogP contribution in [0.25, 0.3) is 0 Å². The van der Waals surface area contributed by atoms with Gasteiger partial charge in [0, 0.05) is 0 Å². The number of unbranched alkanes of at least 4 members (excludes halogenated alkanes) is 1. The Hall–Kier alpha value is -0.610. The van der Waals surface area contributed by atoms with Crippen molar-refractivity contribution in [3.63, 3.8) is 0 Å². The molecule has 0 saturated heterocycles. The number of carbonyl (C=O) groups is 1. The van der Waals surface area contributed by atoms with E-state index in [1.54, 1.807) is 0 Å². The van der Waals surface area contributed by atoms with Gasteiger partial charge >= 0.3 is 5.97 Å². The molecule has 0 aromatic rings. The molecule has 0 amide bonds. The van der Waals surface area contributed by atoms with Gasteiger partial charge in [0.15, 0.2) is 0 Å². The zero-order valence-electron chi connectivity index (χ0n) is 10.1. The lowest BCUT2D eigenvalue weighted by molar-refractivity contribution is -0.142. The van der Waals surface area contributed by atoms with Gasteiger partial charge in [-0.3, -0.25) is 4.79 Å². The average molecular weight is 229 g/mol. The van der Waals surface area contributed by atoms with E-state index in [1.165, 1.54) is 0 Å². The van der Waals surface area contributed by atoms with Crippen molar-refractivity contribution >= 4 is 5.97 Å². The van der Waals surface area contributed by atoms with Crippen molar-refractivity contribution in [2.75, 3.05) is 19.7 Å². The van der Waals surface area contributed by atoms with Crippen molar-refractivity contribution in [1.82, 2.24) is 5.32 Å². The molecule has 1 aliphatic rings. The van der Waals surface area contributed by atoms with E-state index in [4.69, 9.17) is 4.74 Å². The molecule has 0 radical (unpaired) electrons. The van der Waals surface area contributed by atoms with Crippen molar-refractivity contribution in [2.24, 2.45) is 5.92 Å². The summed E-state index contributed by atoms with van der Waals surface area (Å²) in [5.74, 6) is 0.338. The molecule has 0 bridgehead atoms. The fourth-order valence-corrected chi connectivity index (χ4v) is 1.99. The Morgan fingerprint density at radius 2 is 2.31 bits per heavy atom. The maximum Gasteiger partial charge on any atom is 0.319 e. The van der Waals surface area contributed by atoms with E-state index in [1.807, 2.05) is 0 Å². The van der Waals surface area contributed by atoms with Crippen LogP contribution < -0.4 is 5.32 Å². The average Bonchev–Trinajstić information content (AvgIpc) is 2.65. The molecule has 4 nitrogen and oxygen atoms in total. The summed E-state index contributed by atoms with van der Waals surface area (Å²) in [6.45, 7) is 3.69. The fourth-order valence-electron chi connectivity index (χ4n) is 1.99. The van der Waals surface area contributed by atoms with E-state index in [9.17, 15) is 9.90 Å². The highest BCUT2D eigenvalue weighted by atomic mass is 16.5. The Balaban J connectivity index is 1.96. The number of nitrogens with one attached hydrogen (secondary N) is 1. The number of hydrogen-bond acceptors (Lipinski definition) is 4. The number of carbonyl (C=O) groups excluding carboxylic acids is 1. The molecular weight excluding hydrogens is 206 g/mol. The Morgan fingerprint density at radius 1 is 1.50 bits per heavy atom. The number of hydrogen-bond donors (Lipinski definition) is 2. The molecule has 0 aromatic carbocycles. The van der Waals surface area contributed by atoms with Crippen molar-refractivity contribution in [2.45, 2.75) is 45.1 Å². The van der Waals surface area contributed by atoms with Crippen LogP contribution in [0.1, 0.15) is 39.0 Å². The number of esters is 1. The second-order valence-electron chi connectivity index (χ2n) is 4.54. The van der Waals surface area contributed by atoms with Crippen LogP contribution in [0.5, 0.6) is 0 Å². The molecule has 0 spiro atoms. The summed E-state index contributed by atoms with van der Waals surface area (Å²) < 4.78 is 5.02. The van der Waals surface area contributed by atoms with Gasteiger partial charge in [-0.1, -0.05) is 13.3 Å². The molecule has 16 heavy (non-hydrogen) atoms. The molecule has 4 heteroatoms. The molecule has 1 aliphatic carbocycles. The Bertz CT molecular complexity index is 208. The summed E-state index contributed by atoms with van der Waals surface area (Å²) in [5, 5.41) is 12.4. The zero-order chi connectivity index (χ0) is 11.8. The van der Waals surface area contributed by atoms with E-state index >= 15 is 0 Å². The van der Waals surface area contributed by atoms with Crippen molar-refractivity contribution in [3.05, 3.63) is 0 Å². The van der Waals surface area contributed by atoms with E-state index in [2.05, 4.69) is 12.2 Å². The van der Waals surface area contributed by atoms with Crippen LogP contribution in [0, 0.1) is 5.92 Å². The third-order valence-corrected chi connectivity index (χ3v) is 2.98. The highest BCUT2D eigenvalue weighted by Gasteiger charge is 2.22. The minimum absolute atomic E-state index is 0.136. The van der Waals surface area contributed by atoms with Gasteiger partial charge in [-0.25, -0.2) is 0 Å². The SMILES string of the molecule is CCCCOC(=O)CNCC1CCC(O)C1. The Kier molecular flexibility index (Phi) is 6.42. The zero-order valence-corrected chi connectivity index (χ0v) is 10.1. The largest absolute Gasteiger partial charge is 0.465 e. The van der Waals surface area contributed by atoms with E-state index in [0.717, 1.165) is 38.6 Å². The van der Waals surface area contributed by atoms with Crippen LogP contribution in [0.3, 0.4) is 0 Å². The first-order chi connectivity index (χ1) is 7.72. The molecule has 0 aliphatic heterocycles. The smallest absolute Gasteiger partial charge is 0.319 e. The Labute approximate surface area is 97.4 Å². The van der Waals surface area contributed by atoms with Gasteiger partial charge in [0.25, 0.3) is 0 Å². The van der Waals surface area contributed by atoms with Crippen LogP contribution >= 0.6 is 0 Å². The predicted octanol–water partition coefficient (Wildman–Crippen LogP) is 1.08. The normalized spacial score (nSPS) is 24.6. The lowest BCUT2D eigenvalue weighted by atomic mass is 10.1. The van der Waals surface area contributed by atoms with Crippen LogP contribution in [0.15, 0.2) is 0 Å². The highest BCUT2D eigenvalue weighted by Crippen LogP contribution is 2.24. The molecular formula is C12H23NO3. The van der Waals surface area contributed by atoms with Gasteiger partial charge < -0.3 is 15.2 Å². The van der Waals surface area contributed by atoms with Gasteiger partial charge in [0.1, 0.15) is 0 Å². The summed E-state index contributed by atoms with van der Waals surface area (Å²) in [5.41, 5.74) is 0. The topological polar surface area (TPSA) is 58.6 Å². The fraction of sp³-hybridized carbons (Fsp3) is 0.917. The van der Waals surface area contributed by atoms with Gasteiger partial charge in [-0.05, 0) is 38.1 Å². The predicted molar refractivity (Wildman–Crippen MR) is 62.1 cm³/mol. The third kappa shape index (κ3) is 5.47. The van der Waals surface area contributed by atoms with E-state index in [-0.39, 0.29) is 18.6 Å². The minimum Gasteiger partial charge on any atom is -0.465 e. The molecule has 2 N–H and O–H groups in total. The van der Waals surface area contributed by atoms with Gasteiger partial charge in [-0.15, -0.1) is 0 Å². The first kappa shape index (κ1) is 13.5.